The summed E-state index contributed by atoms with van der Waals surface area (Å²) in [6, 6.07) is 0.151. The molecule has 0 amide bonds. The fraction of sp³-hybridized carbons (Fsp3) is 1.00. The van der Waals surface area contributed by atoms with Crippen LogP contribution in [-0.2, 0) is 4.74 Å². The molecule has 0 aromatic carbocycles. The van der Waals surface area contributed by atoms with Crippen molar-refractivity contribution in [2.45, 2.75) is 44.9 Å². The molecular weight excluding hydrogens is 164 g/mol. The van der Waals surface area contributed by atoms with Crippen LogP contribution in [0, 0.1) is 0 Å². The van der Waals surface area contributed by atoms with E-state index in [4.69, 9.17) is 0 Å². The number of hydrogen-bond donors (Lipinski definition) is 1. The zero-order chi connectivity index (χ0) is 9.19. The van der Waals surface area contributed by atoms with E-state index >= 15 is 0 Å². The number of halogens is 2. The summed E-state index contributed by atoms with van der Waals surface area (Å²) >= 11 is 0. The van der Waals surface area contributed by atoms with Gasteiger partial charge in [0.25, 0.3) is 0 Å². The number of nitrogens with one attached hydrogen (secondary N) is 1. The number of rotatable bonds is 2. The van der Waals surface area contributed by atoms with Gasteiger partial charge in [0.2, 0.25) is 0 Å². The van der Waals surface area contributed by atoms with E-state index in [-0.39, 0.29) is 25.1 Å². The summed E-state index contributed by atoms with van der Waals surface area (Å²) < 4.78 is 29.6. The Kier molecular flexibility index (Phi) is 3.01. The molecule has 1 heterocycles. The molecule has 1 atom stereocenters. The maximum atomic E-state index is 12.6. The maximum Gasteiger partial charge on any atom is 0.357 e. The Balaban J connectivity index is 2.36. The smallest absolute Gasteiger partial charge is 0.320 e. The molecule has 12 heavy (non-hydrogen) atoms. The summed E-state index contributed by atoms with van der Waals surface area (Å²) in [6.45, 7) is 4.05. The maximum absolute atomic E-state index is 12.6. The molecule has 0 aromatic heterocycles. The number of alkyl halides is 2. The highest BCUT2D eigenvalue weighted by molar-refractivity contribution is 4.77. The summed E-state index contributed by atoms with van der Waals surface area (Å²) in [5.74, 6) is 0. The Labute approximate surface area is 71.3 Å². The highest BCUT2D eigenvalue weighted by atomic mass is 19.3. The van der Waals surface area contributed by atoms with E-state index in [2.05, 4.69) is 10.1 Å². The van der Waals surface area contributed by atoms with Gasteiger partial charge in [0.05, 0.1) is 13.0 Å². The second-order valence-electron chi connectivity index (χ2n) is 3.50. The van der Waals surface area contributed by atoms with Gasteiger partial charge in [0.15, 0.2) is 0 Å². The minimum atomic E-state index is -2.93. The lowest BCUT2D eigenvalue weighted by Crippen LogP contribution is -2.44. The van der Waals surface area contributed by atoms with Gasteiger partial charge in [-0.3, -0.25) is 0 Å². The van der Waals surface area contributed by atoms with Gasteiger partial charge in [-0.1, -0.05) is 13.8 Å². The molecule has 0 bridgehead atoms. The predicted molar refractivity (Wildman–Crippen MR) is 42.2 cm³/mol. The van der Waals surface area contributed by atoms with Crippen molar-refractivity contribution in [3.8, 4) is 0 Å². The summed E-state index contributed by atoms with van der Waals surface area (Å²) in [5.41, 5.74) is 0. The number of hydrogen-bond acceptors (Lipinski definition) is 2. The average Bonchev–Trinajstić information content (AvgIpc) is 1.82. The van der Waals surface area contributed by atoms with E-state index in [9.17, 15) is 8.78 Å². The quantitative estimate of drug-likeness (QED) is 0.697. The molecule has 1 unspecified atom stereocenters. The van der Waals surface area contributed by atoms with E-state index in [1.807, 2.05) is 13.8 Å². The molecule has 72 valence electrons. The van der Waals surface area contributed by atoms with E-state index in [0.717, 1.165) is 0 Å². The first-order chi connectivity index (χ1) is 5.49. The Hall–Kier alpha value is -0.220. The highest BCUT2D eigenvalue weighted by Gasteiger charge is 2.37. The SMILES string of the molecule is CC(C)NC1CCOC(F)(F)C1. The van der Waals surface area contributed by atoms with Gasteiger partial charge in [-0.05, 0) is 6.42 Å². The van der Waals surface area contributed by atoms with Crippen molar-refractivity contribution in [3.05, 3.63) is 0 Å². The highest BCUT2D eigenvalue weighted by Crippen LogP contribution is 2.27. The Bertz CT molecular complexity index is 150. The molecule has 0 radical (unpaired) electrons. The van der Waals surface area contributed by atoms with Gasteiger partial charge in [-0.15, -0.1) is 0 Å². The molecule has 2 nitrogen and oxygen atoms in total. The van der Waals surface area contributed by atoms with Crippen LogP contribution in [-0.4, -0.2) is 24.8 Å². The van der Waals surface area contributed by atoms with E-state index in [1.165, 1.54) is 0 Å². The first-order valence-corrected chi connectivity index (χ1v) is 4.27. The van der Waals surface area contributed by atoms with Gasteiger partial charge in [0.1, 0.15) is 0 Å². The Morgan fingerprint density at radius 2 is 2.17 bits per heavy atom. The molecule has 1 N–H and O–H groups in total. The summed E-state index contributed by atoms with van der Waals surface area (Å²) in [4.78, 5) is 0. The van der Waals surface area contributed by atoms with Crippen LogP contribution in [0.3, 0.4) is 0 Å². The fourth-order valence-electron chi connectivity index (χ4n) is 1.41. The topological polar surface area (TPSA) is 21.3 Å². The first-order valence-electron chi connectivity index (χ1n) is 4.27. The third-order valence-corrected chi connectivity index (χ3v) is 1.83. The minimum absolute atomic E-state index is 0.103. The van der Waals surface area contributed by atoms with Gasteiger partial charge < -0.3 is 10.1 Å². The molecule has 0 aromatic rings. The number of ether oxygens (including phenoxy) is 1. The van der Waals surface area contributed by atoms with Crippen molar-refractivity contribution < 1.29 is 13.5 Å². The molecule has 4 heteroatoms. The van der Waals surface area contributed by atoms with E-state index in [0.29, 0.717) is 6.42 Å². The van der Waals surface area contributed by atoms with Crippen LogP contribution in [0.4, 0.5) is 8.78 Å². The molecule has 0 spiro atoms. The average molecular weight is 179 g/mol. The van der Waals surface area contributed by atoms with Crippen LogP contribution < -0.4 is 5.32 Å². The van der Waals surface area contributed by atoms with Crippen molar-refractivity contribution in [2.24, 2.45) is 0 Å². The summed E-state index contributed by atoms with van der Waals surface area (Å²) in [6.07, 6.45) is -2.45. The largest absolute Gasteiger partial charge is 0.357 e. The molecule has 1 fully saturated rings. The molecule has 0 aliphatic carbocycles. The van der Waals surface area contributed by atoms with Crippen LogP contribution in [0.2, 0.25) is 0 Å². The van der Waals surface area contributed by atoms with Crippen LogP contribution in [0.25, 0.3) is 0 Å². The Morgan fingerprint density at radius 1 is 1.50 bits per heavy atom. The summed E-state index contributed by atoms with van der Waals surface area (Å²) in [7, 11) is 0. The van der Waals surface area contributed by atoms with Crippen LogP contribution in [0.15, 0.2) is 0 Å². The lowest BCUT2D eigenvalue weighted by atomic mass is 10.1. The van der Waals surface area contributed by atoms with Crippen LogP contribution in [0.5, 0.6) is 0 Å². The predicted octanol–water partition coefficient (Wildman–Crippen LogP) is 1.76. The van der Waals surface area contributed by atoms with Crippen molar-refractivity contribution in [1.29, 1.82) is 0 Å². The van der Waals surface area contributed by atoms with Gasteiger partial charge in [0, 0.05) is 12.1 Å². The molecule has 0 saturated carbocycles. The first kappa shape index (κ1) is 9.86. The third kappa shape index (κ3) is 3.03. The Morgan fingerprint density at radius 3 is 2.67 bits per heavy atom. The van der Waals surface area contributed by atoms with Crippen LogP contribution >= 0.6 is 0 Å². The van der Waals surface area contributed by atoms with Gasteiger partial charge in [-0.25, -0.2) is 0 Å². The zero-order valence-electron chi connectivity index (χ0n) is 7.44. The standard InChI is InChI=1S/C8H15F2NO/c1-6(2)11-7-3-4-12-8(9,10)5-7/h6-7,11H,3-5H2,1-2H3. The van der Waals surface area contributed by atoms with Crippen molar-refractivity contribution in [3.63, 3.8) is 0 Å². The molecule has 1 saturated heterocycles. The summed E-state index contributed by atoms with van der Waals surface area (Å²) in [5, 5.41) is 3.08. The zero-order valence-corrected chi connectivity index (χ0v) is 7.44. The van der Waals surface area contributed by atoms with E-state index < -0.39 is 6.11 Å². The van der Waals surface area contributed by atoms with Gasteiger partial charge in [-0.2, -0.15) is 8.78 Å². The second kappa shape index (κ2) is 3.66. The van der Waals surface area contributed by atoms with Gasteiger partial charge >= 0.3 is 6.11 Å². The molecule has 1 aliphatic heterocycles. The molecule has 1 aliphatic rings. The van der Waals surface area contributed by atoms with Crippen molar-refractivity contribution >= 4 is 0 Å². The lowest BCUT2D eigenvalue weighted by Gasteiger charge is -2.30. The lowest BCUT2D eigenvalue weighted by molar-refractivity contribution is -0.262. The van der Waals surface area contributed by atoms with E-state index in [1.54, 1.807) is 0 Å². The fourth-order valence-corrected chi connectivity index (χ4v) is 1.41. The minimum Gasteiger partial charge on any atom is -0.320 e. The van der Waals surface area contributed by atoms with Crippen LogP contribution in [0.1, 0.15) is 26.7 Å². The van der Waals surface area contributed by atoms with Crippen molar-refractivity contribution in [1.82, 2.24) is 5.32 Å². The van der Waals surface area contributed by atoms with Crippen molar-refractivity contribution in [2.75, 3.05) is 6.61 Å². The third-order valence-electron chi connectivity index (χ3n) is 1.83. The second-order valence-corrected chi connectivity index (χ2v) is 3.50. The monoisotopic (exact) mass is 179 g/mol. The normalized spacial score (nSPS) is 29.2. The molecular formula is C8H15F2NO. The molecule has 1 rings (SSSR count).